The van der Waals surface area contributed by atoms with E-state index in [9.17, 15) is 9.59 Å². The first-order chi connectivity index (χ1) is 10.5. The maximum atomic E-state index is 10.3. The zero-order chi connectivity index (χ0) is 16.5. The zero-order valence-electron chi connectivity index (χ0n) is 11.5. The monoisotopic (exact) mass is 348 g/mol. The van der Waals surface area contributed by atoms with Crippen molar-refractivity contribution in [2.75, 3.05) is 14.2 Å². The molecule has 0 radical (unpaired) electrons. The second-order valence-corrected chi connectivity index (χ2v) is 4.84. The number of aromatic hydroxyl groups is 2. The molecule has 120 valence electrons. The van der Waals surface area contributed by atoms with E-state index in [0.717, 1.165) is 0 Å². The molecule has 3 heterocycles. The second kappa shape index (κ2) is 8.74. The van der Waals surface area contributed by atoms with Crippen LogP contribution in [0.2, 0.25) is 0 Å². The van der Waals surface area contributed by atoms with Gasteiger partial charge in [-0.15, -0.1) is 22.7 Å². The smallest absolute Gasteiger partial charge is 0.504 e. The molecule has 0 aliphatic carbocycles. The van der Waals surface area contributed by atoms with E-state index in [0.29, 0.717) is 11.2 Å². The Hall–Kier alpha value is -2.46. The molecule has 0 atom stereocenters. The molecule has 0 spiro atoms. The van der Waals surface area contributed by atoms with Gasteiger partial charge in [0, 0.05) is 21.5 Å². The van der Waals surface area contributed by atoms with E-state index in [1.807, 2.05) is 0 Å². The fraction of sp³-hybridized carbons (Fsp3) is 0.167. The lowest BCUT2D eigenvalue weighted by molar-refractivity contribution is 0.0924. The van der Waals surface area contributed by atoms with Gasteiger partial charge in [0.1, 0.15) is 0 Å². The summed E-state index contributed by atoms with van der Waals surface area (Å²) in [6.07, 6.45) is -0.657. The number of fused-ring (bicyclic) bond motifs is 1. The minimum Gasteiger partial charge on any atom is -0.504 e. The Morgan fingerprint density at radius 1 is 0.955 bits per heavy atom. The van der Waals surface area contributed by atoms with Crippen LogP contribution in [-0.2, 0) is 9.47 Å². The fourth-order valence-electron chi connectivity index (χ4n) is 0.990. The second-order valence-electron chi connectivity index (χ2n) is 3.35. The first-order valence-electron chi connectivity index (χ1n) is 5.49. The van der Waals surface area contributed by atoms with Crippen LogP contribution in [0, 0.1) is 0 Å². The summed E-state index contributed by atoms with van der Waals surface area (Å²) in [6.45, 7) is 0. The predicted octanol–water partition coefficient (Wildman–Crippen LogP) is 3.01. The number of methoxy groups -OCH3 is 2. The highest BCUT2D eigenvalue weighted by molar-refractivity contribution is 7.09. The van der Waals surface area contributed by atoms with E-state index in [1.54, 1.807) is 10.8 Å². The van der Waals surface area contributed by atoms with E-state index in [-0.39, 0.29) is 11.5 Å². The lowest BCUT2D eigenvalue weighted by Crippen LogP contribution is -1.97. The van der Waals surface area contributed by atoms with Crippen molar-refractivity contribution in [3.63, 3.8) is 0 Å². The predicted molar refractivity (Wildman–Crippen MR) is 79.7 cm³/mol. The molecule has 0 saturated carbocycles. The summed E-state index contributed by atoms with van der Waals surface area (Å²) >= 11 is 2.71. The van der Waals surface area contributed by atoms with Crippen molar-refractivity contribution in [1.29, 1.82) is 0 Å². The lowest BCUT2D eigenvalue weighted by Gasteiger charge is -1.89. The van der Waals surface area contributed by atoms with Gasteiger partial charge >= 0.3 is 12.0 Å². The number of carbonyl (C=O) groups is 1. The average Bonchev–Trinajstić information content (AvgIpc) is 3.17. The molecule has 0 aliphatic rings. The fourth-order valence-corrected chi connectivity index (χ4v) is 2.20. The molecular weight excluding hydrogens is 336 g/mol. The summed E-state index contributed by atoms with van der Waals surface area (Å²) in [4.78, 5) is 20.1. The Bertz CT molecular complexity index is 696. The Labute approximate surface area is 131 Å². The van der Waals surface area contributed by atoms with Crippen LogP contribution in [0.3, 0.4) is 0 Å². The van der Waals surface area contributed by atoms with Gasteiger partial charge in [0.2, 0.25) is 0 Å². The van der Waals surface area contributed by atoms with E-state index in [4.69, 9.17) is 10.2 Å². The van der Waals surface area contributed by atoms with Gasteiger partial charge in [0.25, 0.3) is 0 Å². The first-order valence-corrected chi connectivity index (χ1v) is 7.38. The van der Waals surface area contributed by atoms with Crippen molar-refractivity contribution in [2.24, 2.45) is 0 Å². The molecule has 0 bridgehead atoms. The summed E-state index contributed by atoms with van der Waals surface area (Å²) in [7, 11) is 2.51. The summed E-state index contributed by atoms with van der Waals surface area (Å²) in [6, 6.07) is 0. The minimum absolute atomic E-state index is 0.0370. The standard InChI is InChI=1S/C5H2O3S.C4H4O2S.C3H6O3/c6-5-7-3-1-9-2-4(3)8-5;5-3-1-7-2-4(3)6;1-5-3(4)6-2/h1-2H;1-2,5-6H;1-2H3. The van der Waals surface area contributed by atoms with E-state index in [1.165, 1.54) is 47.7 Å². The molecule has 3 aromatic rings. The van der Waals surface area contributed by atoms with Crippen LogP contribution in [0.25, 0.3) is 11.2 Å². The van der Waals surface area contributed by atoms with Crippen LogP contribution in [0.4, 0.5) is 4.79 Å². The molecule has 0 saturated heterocycles. The van der Waals surface area contributed by atoms with Crippen molar-refractivity contribution in [2.45, 2.75) is 0 Å². The Morgan fingerprint density at radius 2 is 1.36 bits per heavy atom. The summed E-state index contributed by atoms with van der Waals surface area (Å²) in [5.74, 6) is -0.706. The van der Waals surface area contributed by atoms with Crippen molar-refractivity contribution in [3.8, 4) is 11.5 Å². The third-order valence-electron chi connectivity index (χ3n) is 1.93. The Morgan fingerprint density at radius 3 is 1.64 bits per heavy atom. The van der Waals surface area contributed by atoms with Gasteiger partial charge < -0.3 is 28.5 Å². The van der Waals surface area contributed by atoms with Gasteiger partial charge in [-0.1, -0.05) is 0 Å². The molecule has 2 N–H and O–H groups in total. The SMILES string of the molecule is COC(=O)OC.O=c1oc2cscc2o1.Oc1cscc1O. The molecule has 0 aromatic carbocycles. The van der Waals surface area contributed by atoms with Gasteiger partial charge in [-0.25, -0.2) is 9.59 Å². The average molecular weight is 348 g/mol. The Kier molecular flexibility index (Phi) is 6.99. The van der Waals surface area contributed by atoms with Gasteiger partial charge in [0.15, 0.2) is 22.7 Å². The quantitative estimate of drug-likeness (QED) is 0.595. The lowest BCUT2D eigenvalue weighted by atomic mass is 10.6. The molecule has 8 nitrogen and oxygen atoms in total. The van der Waals surface area contributed by atoms with Gasteiger partial charge in [-0.3, -0.25) is 0 Å². The van der Waals surface area contributed by atoms with Crippen LogP contribution in [0.5, 0.6) is 11.5 Å². The zero-order valence-corrected chi connectivity index (χ0v) is 13.1. The number of hydrogen-bond donors (Lipinski definition) is 2. The molecule has 0 amide bonds. The molecule has 0 fully saturated rings. The minimum atomic E-state index is -0.657. The number of rotatable bonds is 0. The van der Waals surface area contributed by atoms with Crippen molar-refractivity contribution < 1.29 is 33.3 Å². The molecule has 0 unspecified atom stereocenters. The first kappa shape index (κ1) is 17.6. The number of ether oxygens (including phenoxy) is 2. The third-order valence-corrected chi connectivity index (χ3v) is 3.35. The van der Waals surface area contributed by atoms with Crippen LogP contribution in [0.15, 0.2) is 35.1 Å². The number of carbonyl (C=O) groups excluding carboxylic acids is 1. The van der Waals surface area contributed by atoms with Crippen LogP contribution in [-0.4, -0.2) is 30.6 Å². The summed E-state index contributed by atoms with van der Waals surface area (Å²) in [5, 5.41) is 23.4. The maximum absolute atomic E-state index is 10.3. The molecule has 10 heteroatoms. The Balaban J connectivity index is 0.000000170. The molecular formula is C12H12O8S2. The van der Waals surface area contributed by atoms with E-state index in [2.05, 4.69) is 18.3 Å². The van der Waals surface area contributed by atoms with Crippen LogP contribution >= 0.6 is 22.7 Å². The number of thiophene rings is 2. The third kappa shape index (κ3) is 5.50. The highest BCUT2D eigenvalue weighted by Crippen LogP contribution is 2.27. The van der Waals surface area contributed by atoms with Gasteiger partial charge in [0.05, 0.1) is 14.2 Å². The molecule has 3 aromatic heterocycles. The van der Waals surface area contributed by atoms with Crippen molar-refractivity contribution in [1.82, 2.24) is 0 Å². The van der Waals surface area contributed by atoms with Crippen molar-refractivity contribution in [3.05, 3.63) is 32.1 Å². The normalized spacial score (nSPS) is 9.18. The maximum Gasteiger partial charge on any atom is 0.519 e. The topological polar surface area (TPSA) is 119 Å². The molecule has 0 aliphatic heterocycles. The molecule has 3 rings (SSSR count). The van der Waals surface area contributed by atoms with Gasteiger partial charge in [-0.05, 0) is 0 Å². The van der Waals surface area contributed by atoms with Crippen LogP contribution < -0.4 is 5.82 Å². The number of hydrogen-bond acceptors (Lipinski definition) is 10. The molecule has 22 heavy (non-hydrogen) atoms. The summed E-state index contributed by atoms with van der Waals surface area (Å²) in [5.41, 5.74) is 1.06. The highest BCUT2D eigenvalue weighted by Gasteiger charge is 2.01. The van der Waals surface area contributed by atoms with Crippen molar-refractivity contribution >= 4 is 40.0 Å². The highest BCUT2D eigenvalue weighted by atomic mass is 32.1. The van der Waals surface area contributed by atoms with Crippen LogP contribution in [0.1, 0.15) is 0 Å². The van der Waals surface area contributed by atoms with Gasteiger partial charge in [-0.2, -0.15) is 0 Å². The largest absolute Gasteiger partial charge is 0.519 e. The van der Waals surface area contributed by atoms with E-state index < -0.39 is 12.0 Å². The van der Waals surface area contributed by atoms with E-state index >= 15 is 0 Å². The summed E-state index contributed by atoms with van der Waals surface area (Å²) < 4.78 is 17.3.